The largest absolute Gasteiger partial charge is 0.333 e. The van der Waals surface area contributed by atoms with E-state index in [0.29, 0.717) is 6.54 Å². The van der Waals surface area contributed by atoms with Crippen LogP contribution < -0.4 is 9.80 Å². The average Bonchev–Trinajstić information content (AvgIpc) is 3.75. The number of aromatic nitrogens is 4. The van der Waals surface area contributed by atoms with E-state index in [1.807, 2.05) is 16.6 Å². The van der Waals surface area contributed by atoms with Crippen molar-refractivity contribution in [1.29, 1.82) is 0 Å². The Hall–Kier alpha value is -5.67. The fourth-order valence-electron chi connectivity index (χ4n) is 10.9. The van der Waals surface area contributed by atoms with Gasteiger partial charge in [0.2, 0.25) is 0 Å². The molecule has 0 fully saturated rings. The highest BCUT2D eigenvalue weighted by Gasteiger charge is 2.34. The first kappa shape index (κ1) is 40.7. The normalized spacial score (nSPS) is 16.0. The minimum Gasteiger partial charge on any atom is -0.333 e. The van der Waals surface area contributed by atoms with Crippen molar-refractivity contribution in [2.24, 2.45) is 14.1 Å². The molecule has 0 spiro atoms. The molecule has 6 heterocycles. The number of nitrogens with zero attached hydrogens (tertiary/aromatic N) is 8. The van der Waals surface area contributed by atoms with Crippen molar-refractivity contribution >= 4 is 28.9 Å². The maximum atomic E-state index is 13.6. The third-order valence-electron chi connectivity index (χ3n) is 13.5. The van der Waals surface area contributed by atoms with Gasteiger partial charge in [-0.1, -0.05) is 83.9 Å². The van der Waals surface area contributed by atoms with Crippen LogP contribution in [0.2, 0.25) is 0 Å². The molecular formula is C52H62N8O. The molecule has 1 amide bonds. The van der Waals surface area contributed by atoms with Gasteiger partial charge in [-0.05, 0) is 125 Å². The monoisotopic (exact) mass is 815 g/mol. The number of aryl methyl sites for hydroxylation is 8. The molecule has 316 valence electrons. The van der Waals surface area contributed by atoms with Crippen LogP contribution in [0.3, 0.4) is 0 Å². The molecule has 0 saturated heterocycles. The molecule has 4 aliphatic rings. The molecule has 9 heteroatoms. The van der Waals surface area contributed by atoms with E-state index in [-0.39, 0.29) is 5.91 Å². The summed E-state index contributed by atoms with van der Waals surface area (Å²) < 4.78 is 3.95. The number of fused-ring (bicyclic) bond motifs is 4. The number of amides is 1. The van der Waals surface area contributed by atoms with Crippen molar-refractivity contribution in [3.63, 3.8) is 0 Å². The van der Waals surface area contributed by atoms with Crippen LogP contribution in [-0.2, 0) is 59.4 Å². The molecule has 61 heavy (non-hydrogen) atoms. The average molecular weight is 815 g/mol. The summed E-state index contributed by atoms with van der Waals surface area (Å²) in [5.74, 6) is 2.22. The van der Waals surface area contributed by atoms with Gasteiger partial charge in [0.05, 0.1) is 5.69 Å². The van der Waals surface area contributed by atoms with Crippen LogP contribution in [0.4, 0.5) is 23.0 Å². The standard InChI is InChI=1S/C26H30N4O.C26H32N4/c1-17-14-18(2)23(19(3)15-17)30-12-7-10-22-24(28(4)27-25(22)30)26(31)29-13-11-20-8-5-6-9-21(20)16-29;1-18-14-19(2)25(20(3)15-18)30-12-7-10-23-24(28(4)27-26(23)30)17-29-13-11-21-8-5-6-9-22(21)16-29/h5-6,8-9,14-15H,7,10-13,16H2,1-4H3;5-6,8-9,14-15H,7,10-13,16-17H2,1-4H3. The van der Waals surface area contributed by atoms with E-state index in [1.54, 1.807) is 0 Å². The second-order valence-electron chi connectivity index (χ2n) is 18.1. The first-order valence-electron chi connectivity index (χ1n) is 22.4. The minimum atomic E-state index is 0.102. The second kappa shape index (κ2) is 16.7. The van der Waals surface area contributed by atoms with Crippen LogP contribution in [0, 0.1) is 41.5 Å². The molecule has 0 atom stereocenters. The highest BCUT2D eigenvalue weighted by Crippen LogP contribution is 2.40. The van der Waals surface area contributed by atoms with Crippen molar-refractivity contribution in [2.45, 2.75) is 99.7 Å². The second-order valence-corrected chi connectivity index (χ2v) is 18.1. The fourth-order valence-corrected chi connectivity index (χ4v) is 10.9. The Bertz CT molecular complexity index is 2590. The number of carbonyl (C=O) groups excluding carboxylic acids is 1. The van der Waals surface area contributed by atoms with Gasteiger partial charge in [-0.25, -0.2) is 0 Å². The Labute approximate surface area is 362 Å². The van der Waals surface area contributed by atoms with E-state index in [4.69, 9.17) is 10.2 Å². The zero-order chi connectivity index (χ0) is 42.5. The molecule has 0 radical (unpaired) electrons. The summed E-state index contributed by atoms with van der Waals surface area (Å²) in [5.41, 5.74) is 20.7. The lowest BCUT2D eigenvalue weighted by atomic mass is 9.97. The van der Waals surface area contributed by atoms with Crippen LogP contribution in [-0.4, -0.2) is 61.4 Å². The predicted molar refractivity (Wildman–Crippen MR) is 248 cm³/mol. The number of anilines is 4. The minimum absolute atomic E-state index is 0.102. The summed E-state index contributed by atoms with van der Waals surface area (Å²) >= 11 is 0. The van der Waals surface area contributed by atoms with Crippen molar-refractivity contribution in [2.75, 3.05) is 36.0 Å². The molecule has 0 saturated carbocycles. The lowest BCUT2D eigenvalue weighted by Crippen LogP contribution is -2.37. The first-order chi connectivity index (χ1) is 29.4. The Kier molecular flexibility index (Phi) is 11.1. The summed E-state index contributed by atoms with van der Waals surface area (Å²) in [4.78, 5) is 23.0. The quantitative estimate of drug-likeness (QED) is 0.173. The van der Waals surface area contributed by atoms with Gasteiger partial charge in [-0.2, -0.15) is 10.2 Å². The predicted octanol–water partition coefficient (Wildman–Crippen LogP) is 9.62. The number of rotatable bonds is 5. The molecule has 0 aliphatic carbocycles. The van der Waals surface area contributed by atoms with Crippen LogP contribution >= 0.6 is 0 Å². The van der Waals surface area contributed by atoms with Gasteiger partial charge < -0.3 is 14.7 Å². The van der Waals surface area contributed by atoms with Gasteiger partial charge in [0.25, 0.3) is 5.91 Å². The van der Waals surface area contributed by atoms with Crippen LogP contribution in [0.15, 0.2) is 72.8 Å². The SMILES string of the molecule is Cc1cc(C)c(N2CCCc3c2nn(C)c3C(=O)N2CCc3ccccc3C2)c(C)c1.Cc1cc(C)c(N2CCCc3c2nn(C)c3CN2CCc3ccccc3C2)c(C)c1. The zero-order valence-corrected chi connectivity index (χ0v) is 37.6. The van der Waals surface area contributed by atoms with E-state index in [0.717, 1.165) is 88.4 Å². The van der Waals surface area contributed by atoms with Gasteiger partial charge >= 0.3 is 0 Å². The van der Waals surface area contributed by atoms with Gasteiger partial charge in [-0.15, -0.1) is 0 Å². The van der Waals surface area contributed by atoms with Crippen molar-refractivity contribution in [3.8, 4) is 0 Å². The van der Waals surface area contributed by atoms with Crippen LogP contribution in [0.25, 0.3) is 0 Å². The van der Waals surface area contributed by atoms with E-state index >= 15 is 0 Å². The Morgan fingerprint density at radius 3 is 1.61 bits per heavy atom. The molecule has 4 aliphatic heterocycles. The summed E-state index contributed by atoms with van der Waals surface area (Å²) in [7, 11) is 4.04. The summed E-state index contributed by atoms with van der Waals surface area (Å²) in [5, 5.41) is 9.91. The molecular weight excluding hydrogens is 753 g/mol. The van der Waals surface area contributed by atoms with Crippen molar-refractivity contribution in [1.82, 2.24) is 29.4 Å². The number of carbonyl (C=O) groups is 1. The van der Waals surface area contributed by atoms with E-state index in [2.05, 4.69) is 141 Å². The molecule has 2 aromatic heterocycles. The topological polar surface area (TPSA) is 65.7 Å². The summed E-state index contributed by atoms with van der Waals surface area (Å²) in [6, 6.07) is 26.4. The van der Waals surface area contributed by atoms with E-state index in [9.17, 15) is 4.79 Å². The highest BCUT2D eigenvalue weighted by atomic mass is 16.2. The smallest absolute Gasteiger partial charge is 0.272 e. The molecule has 9 nitrogen and oxygen atoms in total. The molecule has 4 aromatic carbocycles. The van der Waals surface area contributed by atoms with E-state index < -0.39 is 0 Å². The van der Waals surface area contributed by atoms with E-state index in [1.165, 1.54) is 90.5 Å². The van der Waals surface area contributed by atoms with Crippen LogP contribution in [0.5, 0.6) is 0 Å². The highest BCUT2D eigenvalue weighted by molar-refractivity contribution is 5.96. The summed E-state index contributed by atoms with van der Waals surface area (Å²) in [6.45, 7) is 19.7. The Morgan fingerprint density at radius 2 is 1.03 bits per heavy atom. The number of benzene rings is 4. The molecule has 0 unspecified atom stereocenters. The first-order valence-corrected chi connectivity index (χ1v) is 22.4. The number of hydrogen-bond acceptors (Lipinski definition) is 6. The maximum Gasteiger partial charge on any atom is 0.272 e. The lowest BCUT2D eigenvalue weighted by Gasteiger charge is -2.32. The maximum absolute atomic E-state index is 13.6. The van der Waals surface area contributed by atoms with Gasteiger partial charge in [0.1, 0.15) is 5.69 Å². The van der Waals surface area contributed by atoms with Gasteiger partial charge in [0, 0.05) is 82.4 Å². The third kappa shape index (κ3) is 7.78. The van der Waals surface area contributed by atoms with Crippen LogP contribution in [0.1, 0.15) is 95.8 Å². The third-order valence-corrected chi connectivity index (χ3v) is 13.5. The molecule has 0 bridgehead atoms. The van der Waals surface area contributed by atoms with Crippen molar-refractivity contribution in [3.05, 3.63) is 151 Å². The lowest BCUT2D eigenvalue weighted by molar-refractivity contribution is 0.0722. The molecule has 6 aromatic rings. The van der Waals surface area contributed by atoms with Gasteiger partial charge in [-0.3, -0.25) is 19.1 Å². The molecule has 10 rings (SSSR count). The Morgan fingerprint density at radius 1 is 0.557 bits per heavy atom. The van der Waals surface area contributed by atoms with Gasteiger partial charge in [0.15, 0.2) is 11.6 Å². The zero-order valence-electron chi connectivity index (χ0n) is 37.6. The molecule has 0 N–H and O–H groups in total. The fraction of sp³-hybridized carbons (Fsp3) is 0.404. The number of hydrogen-bond donors (Lipinski definition) is 0. The Balaban J connectivity index is 0.000000156. The van der Waals surface area contributed by atoms with Crippen molar-refractivity contribution < 1.29 is 4.79 Å². The summed E-state index contributed by atoms with van der Waals surface area (Å²) in [6.07, 6.45) is 6.29.